The van der Waals surface area contributed by atoms with Gasteiger partial charge < -0.3 is 10.2 Å². The third-order valence-corrected chi connectivity index (χ3v) is 7.41. The van der Waals surface area contributed by atoms with Crippen LogP contribution in [0, 0.1) is 5.92 Å². The Labute approximate surface area is 164 Å². The molecule has 27 heavy (non-hydrogen) atoms. The maximum absolute atomic E-state index is 13.0. The molecule has 0 saturated carbocycles. The summed E-state index contributed by atoms with van der Waals surface area (Å²) in [4.78, 5) is 14.5. The predicted octanol–water partition coefficient (Wildman–Crippen LogP) is 1.94. The number of benzene rings is 2. The molecule has 2 aliphatic rings. The molecule has 1 unspecified atom stereocenters. The first kappa shape index (κ1) is 18.7. The standard InChI is InChI=1S/C19H22ClN3O3S/c20-17-3-1-16-10-18(4-2-15(16)9-17)27(25,26)23-8-7-22(19(24)13-23)12-14-5-6-21-11-14/h1-4,9-10,14,21H,5-8,11-13H2. The topological polar surface area (TPSA) is 69.7 Å². The molecule has 2 saturated heterocycles. The smallest absolute Gasteiger partial charge is 0.243 e. The first-order valence-electron chi connectivity index (χ1n) is 9.11. The number of rotatable bonds is 4. The van der Waals surface area contributed by atoms with Gasteiger partial charge in [-0.2, -0.15) is 4.31 Å². The van der Waals surface area contributed by atoms with Crippen molar-refractivity contribution in [3.63, 3.8) is 0 Å². The van der Waals surface area contributed by atoms with E-state index in [9.17, 15) is 13.2 Å². The molecular weight excluding hydrogens is 386 g/mol. The van der Waals surface area contributed by atoms with Gasteiger partial charge >= 0.3 is 0 Å². The van der Waals surface area contributed by atoms with Crippen molar-refractivity contribution in [3.05, 3.63) is 41.4 Å². The fraction of sp³-hybridized carbons (Fsp3) is 0.421. The third kappa shape index (κ3) is 3.82. The van der Waals surface area contributed by atoms with Gasteiger partial charge in [0.1, 0.15) is 0 Å². The van der Waals surface area contributed by atoms with Crippen LogP contribution < -0.4 is 5.32 Å². The van der Waals surface area contributed by atoms with Crippen molar-refractivity contribution in [2.24, 2.45) is 5.92 Å². The first-order valence-corrected chi connectivity index (χ1v) is 10.9. The lowest BCUT2D eigenvalue weighted by atomic mass is 10.1. The molecule has 2 fully saturated rings. The van der Waals surface area contributed by atoms with Crippen LogP contribution in [0.1, 0.15) is 6.42 Å². The van der Waals surface area contributed by atoms with E-state index in [0.29, 0.717) is 30.6 Å². The zero-order valence-electron chi connectivity index (χ0n) is 14.9. The predicted molar refractivity (Wildman–Crippen MR) is 105 cm³/mol. The second-order valence-corrected chi connectivity index (χ2v) is 9.56. The van der Waals surface area contributed by atoms with Gasteiger partial charge in [-0.3, -0.25) is 4.79 Å². The highest BCUT2D eigenvalue weighted by Crippen LogP contribution is 2.25. The number of nitrogens with one attached hydrogen (secondary N) is 1. The fourth-order valence-electron chi connectivity index (χ4n) is 3.77. The van der Waals surface area contributed by atoms with E-state index in [0.717, 1.165) is 30.3 Å². The van der Waals surface area contributed by atoms with Crippen LogP contribution in [-0.4, -0.2) is 62.8 Å². The number of fused-ring (bicyclic) bond motifs is 1. The van der Waals surface area contributed by atoms with Gasteiger partial charge in [-0.15, -0.1) is 0 Å². The number of carbonyl (C=O) groups excluding carboxylic acids is 1. The summed E-state index contributed by atoms with van der Waals surface area (Å²) in [6.07, 6.45) is 1.06. The lowest BCUT2D eigenvalue weighted by Gasteiger charge is -2.34. The molecule has 0 aliphatic carbocycles. The molecule has 6 nitrogen and oxygen atoms in total. The fourth-order valence-corrected chi connectivity index (χ4v) is 5.37. The van der Waals surface area contributed by atoms with E-state index >= 15 is 0 Å². The molecule has 1 N–H and O–H groups in total. The molecule has 0 aromatic heterocycles. The summed E-state index contributed by atoms with van der Waals surface area (Å²) in [5.41, 5.74) is 0. The minimum atomic E-state index is -3.71. The molecule has 2 heterocycles. The molecule has 144 valence electrons. The molecule has 1 amide bonds. The number of hydrogen-bond acceptors (Lipinski definition) is 4. The van der Waals surface area contributed by atoms with Gasteiger partial charge in [0.2, 0.25) is 15.9 Å². The second kappa shape index (κ2) is 7.39. The van der Waals surface area contributed by atoms with Crippen LogP contribution in [0.25, 0.3) is 10.8 Å². The van der Waals surface area contributed by atoms with E-state index in [2.05, 4.69) is 5.32 Å². The molecule has 2 aliphatic heterocycles. The molecular formula is C19H22ClN3O3S. The largest absolute Gasteiger partial charge is 0.340 e. The molecule has 2 aromatic carbocycles. The zero-order valence-corrected chi connectivity index (χ0v) is 16.5. The highest BCUT2D eigenvalue weighted by atomic mass is 35.5. The maximum Gasteiger partial charge on any atom is 0.243 e. The highest BCUT2D eigenvalue weighted by Gasteiger charge is 2.34. The lowest BCUT2D eigenvalue weighted by molar-refractivity contribution is -0.134. The minimum absolute atomic E-state index is 0.0961. The van der Waals surface area contributed by atoms with E-state index in [1.807, 2.05) is 0 Å². The van der Waals surface area contributed by atoms with Gasteiger partial charge in [0, 0.05) is 24.7 Å². The summed E-state index contributed by atoms with van der Waals surface area (Å²) in [5, 5.41) is 5.59. The zero-order chi connectivity index (χ0) is 19.0. The van der Waals surface area contributed by atoms with Crippen LogP contribution in [0.15, 0.2) is 41.3 Å². The average Bonchev–Trinajstić information content (AvgIpc) is 3.16. The Morgan fingerprint density at radius 1 is 1.11 bits per heavy atom. The first-order chi connectivity index (χ1) is 12.9. The van der Waals surface area contributed by atoms with E-state index in [4.69, 9.17) is 11.6 Å². The van der Waals surface area contributed by atoms with E-state index in [1.54, 1.807) is 41.3 Å². The average molecular weight is 408 g/mol. The van der Waals surface area contributed by atoms with Crippen LogP contribution in [0.3, 0.4) is 0 Å². The quantitative estimate of drug-likeness (QED) is 0.840. The molecule has 4 rings (SSSR count). The minimum Gasteiger partial charge on any atom is -0.340 e. The van der Waals surface area contributed by atoms with Crippen molar-refractivity contribution in [1.82, 2.24) is 14.5 Å². The Kier molecular flexibility index (Phi) is 5.11. The molecule has 1 atom stereocenters. The van der Waals surface area contributed by atoms with Crippen LogP contribution in [0.5, 0.6) is 0 Å². The van der Waals surface area contributed by atoms with Crippen LogP contribution >= 0.6 is 11.6 Å². The monoisotopic (exact) mass is 407 g/mol. The van der Waals surface area contributed by atoms with Crippen molar-refractivity contribution in [1.29, 1.82) is 0 Å². The number of carbonyl (C=O) groups is 1. The number of sulfonamides is 1. The van der Waals surface area contributed by atoms with Gasteiger partial charge in [-0.05, 0) is 60.5 Å². The van der Waals surface area contributed by atoms with Crippen molar-refractivity contribution >= 4 is 38.3 Å². The summed E-state index contributed by atoms with van der Waals surface area (Å²) in [5.74, 6) is 0.341. The van der Waals surface area contributed by atoms with Gasteiger partial charge in [0.05, 0.1) is 11.4 Å². The van der Waals surface area contributed by atoms with Gasteiger partial charge in [-0.25, -0.2) is 8.42 Å². The normalized spacial score (nSPS) is 21.9. The Balaban J connectivity index is 1.51. The third-order valence-electron chi connectivity index (χ3n) is 5.34. The number of nitrogens with zero attached hydrogens (tertiary/aromatic N) is 2. The number of amides is 1. The maximum atomic E-state index is 13.0. The summed E-state index contributed by atoms with van der Waals surface area (Å²) in [7, 11) is -3.71. The SMILES string of the molecule is O=C1CN(S(=O)(=O)c2ccc3cc(Cl)ccc3c2)CCN1CC1CCNC1. The van der Waals surface area contributed by atoms with Crippen molar-refractivity contribution < 1.29 is 13.2 Å². The number of halogens is 1. The Morgan fingerprint density at radius 2 is 1.89 bits per heavy atom. The Bertz CT molecular complexity index is 973. The van der Waals surface area contributed by atoms with Gasteiger partial charge in [0.25, 0.3) is 0 Å². The molecule has 0 spiro atoms. The second-order valence-electron chi connectivity index (χ2n) is 7.19. The number of hydrogen-bond donors (Lipinski definition) is 1. The van der Waals surface area contributed by atoms with Crippen molar-refractivity contribution in [2.45, 2.75) is 11.3 Å². The summed E-state index contributed by atoms with van der Waals surface area (Å²) < 4.78 is 27.3. The van der Waals surface area contributed by atoms with Crippen LogP contribution in [-0.2, 0) is 14.8 Å². The van der Waals surface area contributed by atoms with Crippen LogP contribution in [0.4, 0.5) is 0 Å². The summed E-state index contributed by atoms with van der Waals surface area (Å²) >= 11 is 5.99. The van der Waals surface area contributed by atoms with Crippen molar-refractivity contribution in [3.8, 4) is 0 Å². The van der Waals surface area contributed by atoms with Gasteiger partial charge in [-0.1, -0.05) is 23.7 Å². The Morgan fingerprint density at radius 3 is 2.63 bits per heavy atom. The van der Waals surface area contributed by atoms with E-state index in [1.165, 1.54) is 4.31 Å². The summed E-state index contributed by atoms with van der Waals surface area (Å²) in [6.45, 7) is 3.29. The highest BCUT2D eigenvalue weighted by molar-refractivity contribution is 7.89. The Hall–Kier alpha value is -1.67. The van der Waals surface area contributed by atoms with E-state index < -0.39 is 10.0 Å². The summed E-state index contributed by atoms with van der Waals surface area (Å²) in [6, 6.07) is 10.3. The lowest BCUT2D eigenvalue weighted by Crippen LogP contribution is -2.53. The molecule has 2 aromatic rings. The molecule has 0 radical (unpaired) electrons. The number of piperazine rings is 1. The van der Waals surface area contributed by atoms with Crippen LogP contribution in [0.2, 0.25) is 5.02 Å². The van der Waals surface area contributed by atoms with Crippen molar-refractivity contribution in [2.75, 3.05) is 39.3 Å². The van der Waals surface area contributed by atoms with Gasteiger partial charge in [0.15, 0.2) is 0 Å². The molecule has 0 bridgehead atoms. The molecule has 8 heteroatoms. The van der Waals surface area contributed by atoms with E-state index in [-0.39, 0.29) is 17.3 Å².